The summed E-state index contributed by atoms with van der Waals surface area (Å²) in [5.41, 5.74) is 0. The van der Waals surface area contributed by atoms with E-state index in [1.165, 1.54) is 19.4 Å². The molecule has 16 heavy (non-hydrogen) atoms. The van der Waals surface area contributed by atoms with E-state index in [-0.39, 0.29) is 0 Å². The average Bonchev–Trinajstić information content (AvgIpc) is 2.21. The molecule has 0 aliphatic carbocycles. The quantitative estimate of drug-likeness (QED) is 0.722. The number of rotatable bonds is 6. The number of nitrogens with zero attached hydrogens (tertiary/aromatic N) is 1. The molecule has 2 atom stereocenters. The van der Waals surface area contributed by atoms with Crippen molar-refractivity contribution in [3.05, 3.63) is 0 Å². The molecule has 1 saturated heterocycles. The van der Waals surface area contributed by atoms with Crippen LogP contribution < -0.4 is 5.32 Å². The van der Waals surface area contributed by atoms with Crippen LogP contribution in [-0.2, 0) is 0 Å². The third kappa shape index (κ3) is 4.40. The number of hydrogen-bond acceptors (Lipinski definition) is 3. The fourth-order valence-electron chi connectivity index (χ4n) is 2.65. The van der Waals surface area contributed by atoms with Crippen LogP contribution in [0.15, 0.2) is 0 Å². The third-order valence-electron chi connectivity index (χ3n) is 3.34. The molecule has 1 aliphatic heterocycles. The molecule has 0 aromatic rings. The number of hydrogen-bond donors (Lipinski definition) is 2. The van der Waals surface area contributed by atoms with E-state index in [1.54, 1.807) is 0 Å². The molecule has 0 radical (unpaired) electrons. The summed E-state index contributed by atoms with van der Waals surface area (Å²) < 4.78 is 0. The van der Waals surface area contributed by atoms with Gasteiger partial charge in [0.15, 0.2) is 0 Å². The Labute approximate surface area is 100 Å². The Balaban J connectivity index is 2.43. The van der Waals surface area contributed by atoms with E-state index in [4.69, 9.17) is 5.11 Å². The fraction of sp³-hybridized carbons (Fsp3) is 1.00. The van der Waals surface area contributed by atoms with Gasteiger partial charge in [0.2, 0.25) is 0 Å². The predicted molar refractivity (Wildman–Crippen MR) is 68.6 cm³/mol. The van der Waals surface area contributed by atoms with Gasteiger partial charge in [-0.25, -0.2) is 0 Å². The van der Waals surface area contributed by atoms with Gasteiger partial charge >= 0.3 is 0 Å². The largest absolute Gasteiger partial charge is 0.396 e. The number of aliphatic hydroxyl groups is 1. The minimum Gasteiger partial charge on any atom is -0.396 e. The zero-order valence-electron chi connectivity index (χ0n) is 11.1. The lowest BCUT2D eigenvalue weighted by atomic mass is 9.98. The van der Waals surface area contributed by atoms with Crippen molar-refractivity contribution >= 4 is 0 Å². The highest BCUT2D eigenvalue weighted by molar-refractivity contribution is 4.86. The highest BCUT2D eigenvalue weighted by Gasteiger charge is 2.26. The maximum Gasteiger partial charge on any atom is 0.0446 e. The third-order valence-corrected chi connectivity index (χ3v) is 3.34. The van der Waals surface area contributed by atoms with Gasteiger partial charge in [-0.05, 0) is 31.7 Å². The van der Waals surface area contributed by atoms with Crippen molar-refractivity contribution in [2.24, 2.45) is 5.92 Å². The normalized spacial score (nSPS) is 27.6. The monoisotopic (exact) mass is 228 g/mol. The first-order valence-corrected chi connectivity index (χ1v) is 6.75. The highest BCUT2D eigenvalue weighted by Crippen LogP contribution is 2.15. The molecule has 1 heterocycles. The Bertz CT molecular complexity index is 185. The van der Waals surface area contributed by atoms with Crippen molar-refractivity contribution in [1.82, 2.24) is 10.2 Å². The summed E-state index contributed by atoms with van der Waals surface area (Å²) in [4.78, 5) is 2.56. The molecule has 0 amide bonds. The van der Waals surface area contributed by atoms with E-state index in [2.05, 4.69) is 31.0 Å². The maximum atomic E-state index is 9.06. The highest BCUT2D eigenvalue weighted by atomic mass is 16.3. The smallest absolute Gasteiger partial charge is 0.0446 e. The summed E-state index contributed by atoms with van der Waals surface area (Å²) in [5.74, 6) is 0.760. The van der Waals surface area contributed by atoms with Gasteiger partial charge in [-0.1, -0.05) is 20.8 Å². The van der Waals surface area contributed by atoms with Crippen LogP contribution in [0.2, 0.25) is 0 Å². The summed E-state index contributed by atoms with van der Waals surface area (Å²) in [7, 11) is 0. The first kappa shape index (κ1) is 13.9. The SMILES string of the molecule is CCCN1CC(CC(C)C)NCC1CCO. The lowest BCUT2D eigenvalue weighted by Crippen LogP contribution is -2.57. The van der Waals surface area contributed by atoms with Gasteiger partial charge in [-0.3, -0.25) is 4.90 Å². The Morgan fingerprint density at radius 2 is 2.19 bits per heavy atom. The average molecular weight is 228 g/mol. The number of nitrogens with one attached hydrogen (secondary N) is 1. The first-order chi connectivity index (χ1) is 7.67. The van der Waals surface area contributed by atoms with E-state index in [1.807, 2.05) is 0 Å². The molecule has 1 aliphatic rings. The second-order valence-corrected chi connectivity index (χ2v) is 5.40. The fourth-order valence-corrected chi connectivity index (χ4v) is 2.65. The van der Waals surface area contributed by atoms with Gasteiger partial charge in [0.25, 0.3) is 0 Å². The molecule has 0 aromatic heterocycles. The van der Waals surface area contributed by atoms with Crippen molar-refractivity contribution in [3.8, 4) is 0 Å². The van der Waals surface area contributed by atoms with Crippen molar-refractivity contribution in [1.29, 1.82) is 0 Å². The summed E-state index contributed by atoms with van der Waals surface area (Å²) in [6.07, 6.45) is 3.36. The van der Waals surface area contributed by atoms with Gasteiger partial charge in [0, 0.05) is 31.8 Å². The van der Waals surface area contributed by atoms with Gasteiger partial charge in [0.1, 0.15) is 0 Å². The first-order valence-electron chi connectivity index (χ1n) is 6.75. The van der Waals surface area contributed by atoms with Crippen molar-refractivity contribution in [3.63, 3.8) is 0 Å². The van der Waals surface area contributed by atoms with E-state index in [0.29, 0.717) is 18.7 Å². The number of aliphatic hydroxyl groups excluding tert-OH is 1. The lowest BCUT2D eigenvalue weighted by molar-refractivity contribution is 0.100. The molecular weight excluding hydrogens is 200 g/mol. The lowest BCUT2D eigenvalue weighted by Gasteiger charge is -2.40. The molecule has 1 rings (SSSR count). The summed E-state index contributed by atoms with van der Waals surface area (Å²) >= 11 is 0. The van der Waals surface area contributed by atoms with Crippen molar-refractivity contribution in [2.75, 3.05) is 26.2 Å². The molecule has 3 heteroatoms. The second kappa shape index (κ2) is 7.25. The molecule has 3 nitrogen and oxygen atoms in total. The molecule has 0 saturated carbocycles. The van der Waals surface area contributed by atoms with E-state index in [9.17, 15) is 0 Å². The summed E-state index contributed by atoms with van der Waals surface area (Å²) in [6.45, 7) is 10.5. The molecule has 0 aromatic carbocycles. The van der Waals surface area contributed by atoms with Crippen LogP contribution in [0.25, 0.3) is 0 Å². The molecule has 0 bridgehead atoms. The predicted octanol–water partition coefficient (Wildman–Crippen LogP) is 1.47. The van der Waals surface area contributed by atoms with Crippen LogP contribution in [0, 0.1) is 5.92 Å². The second-order valence-electron chi connectivity index (χ2n) is 5.40. The van der Waals surface area contributed by atoms with Gasteiger partial charge in [0.05, 0.1) is 0 Å². The van der Waals surface area contributed by atoms with Crippen LogP contribution in [0.1, 0.15) is 40.0 Å². The number of piperazine rings is 1. The molecule has 2 unspecified atom stereocenters. The minimum absolute atomic E-state index is 0.307. The molecule has 2 N–H and O–H groups in total. The van der Waals surface area contributed by atoms with Gasteiger partial charge in [-0.2, -0.15) is 0 Å². The Morgan fingerprint density at radius 1 is 1.44 bits per heavy atom. The van der Waals surface area contributed by atoms with Gasteiger partial charge in [-0.15, -0.1) is 0 Å². The standard InChI is InChI=1S/C13H28N2O/c1-4-6-15-10-12(8-11(2)3)14-9-13(15)5-7-16/h11-14,16H,4-10H2,1-3H3. The maximum absolute atomic E-state index is 9.06. The molecule has 1 fully saturated rings. The summed E-state index contributed by atoms with van der Waals surface area (Å²) in [5, 5.41) is 12.7. The summed E-state index contributed by atoms with van der Waals surface area (Å²) in [6, 6.07) is 1.18. The van der Waals surface area contributed by atoms with E-state index < -0.39 is 0 Å². The Kier molecular flexibility index (Phi) is 6.32. The van der Waals surface area contributed by atoms with Crippen LogP contribution in [-0.4, -0.2) is 48.3 Å². The molecule has 0 spiro atoms. The zero-order valence-corrected chi connectivity index (χ0v) is 11.1. The van der Waals surface area contributed by atoms with E-state index >= 15 is 0 Å². The van der Waals surface area contributed by atoms with Crippen molar-refractivity contribution in [2.45, 2.75) is 52.1 Å². The minimum atomic E-state index is 0.307. The topological polar surface area (TPSA) is 35.5 Å². The van der Waals surface area contributed by atoms with Crippen LogP contribution in [0.5, 0.6) is 0 Å². The molecule has 96 valence electrons. The molecular formula is C13H28N2O. The Hall–Kier alpha value is -0.120. The Morgan fingerprint density at radius 3 is 2.75 bits per heavy atom. The van der Waals surface area contributed by atoms with Crippen LogP contribution in [0.3, 0.4) is 0 Å². The van der Waals surface area contributed by atoms with Crippen LogP contribution >= 0.6 is 0 Å². The van der Waals surface area contributed by atoms with Gasteiger partial charge < -0.3 is 10.4 Å². The van der Waals surface area contributed by atoms with Crippen molar-refractivity contribution < 1.29 is 5.11 Å². The van der Waals surface area contributed by atoms with Crippen LogP contribution in [0.4, 0.5) is 0 Å². The zero-order chi connectivity index (χ0) is 12.0. The van der Waals surface area contributed by atoms with E-state index in [0.717, 1.165) is 25.4 Å².